The standard InChI is InChI=1S/C18H20N4O3S/c1-5-10-26(24)18-20-13-14(17(23)22(3)4)19-15(21-16(13)25-18)12-8-6-11(2)7-9-12/h6-9H,5,10H2,1-4H3. The molecule has 8 heteroatoms. The normalized spacial score (nSPS) is 12.3. The molecule has 1 atom stereocenters. The maximum atomic E-state index is 12.6. The van der Waals surface area contributed by atoms with Gasteiger partial charge in [-0.05, 0) is 13.3 Å². The smallest absolute Gasteiger partial charge is 0.417 e. The lowest BCUT2D eigenvalue weighted by molar-refractivity contribution is 0.0824. The number of hydrogen-bond acceptors (Lipinski definition) is 6. The van der Waals surface area contributed by atoms with Gasteiger partial charge in [0.25, 0.3) is 11.6 Å². The second-order valence-electron chi connectivity index (χ2n) is 6.14. The van der Waals surface area contributed by atoms with Crippen LogP contribution in [0.25, 0.3) is 22.6 Å². The van der Waals surface area contributed by atoms with E-state index >= 15 is 0 Å². The second-order valence-corrected chi connectivity index (χ2v) is 7.59. The molecule has 0 saturated carbocycles. The Balaban J connectivity index is 2.18. The fourth-order valence-corrected chi connectivity index (χ4v) is 3.28. The molecule has 1 amide bonds. The molecule has 1 unspecified atom stereocenters. The Morgan fingerprint density at radius 1 is 1.19 bits per heavy atom. The Morgan fingerprint density at radius 3 is 2.50 bits per heavy atom. The van der Waals surface area contributed by atoms with Gasteiger partial charge in [0.1, 0.15) is 5.75 Å². The van der Waals surface area contributed by atoms with Gasteiger partial charge >= 0.3 is 5.22 Å². The molecule has 2 heterocycles. The highest BCUT2D eigenvalue weighted by atomic mass is 32.2. The van der Waals surface area contributed by atoms with Gasteiger partial charge in [0.05, 0.1) is 0 Å². The van der Waals surface area contributed by atoms with E-state index in [9.17, 15) is 9.35 Å². The summed E-state index contributed by atoms with van der Waals surface area (Å²) in [5.41, 5.74) is 2.41. The predicted octanol–water partition coefficient (Wildman–Crippen LogP) is 2.81. The van der Waals surface area contributed by atoms with Gasteiger partial charge in [0.15, 0.2) is 17.0 Å². The molecule has 3 rings (SSSR count). The van der Waals surface area contributed by atoms with E-state index in [1.54, 1.807) is 14.1 Å². The SMILES string of the molecule is CCC[S+]([O-])c1nc2c(C(=O)N(C)C)nc(-c3ccc(C)cc3)nc2o1. The van der Waals surface area contributed by atoms with E-state index < -0.39 is 11.2 Å². The molecule has 0 bridgehead atoms. The maximum Gasteiger partial charge on any atom is 0.417 e. The highest BCUT2D eigenvalue weighted by molar-refractivity contribution is 7.91. The van der Waals surface area contributed by atoms with Crippen LogP contribution in [-0.4, -0.2) is 50.2 Å². The van der Waals surface area contributed by atoms with E-state index in [1.165, 1.54) is 4.90 Å². The third-order valence-electron chi connectivity index (χ3n) is 3.74. The van der Waals surface area contributed by atoms with Crippen molar-refractivity contribution < 1.29 is 13.8 Å². The topological polar surface area (TPSA) is 95.2 Å². The van der Waals surface area contributed by atoms with E-state index in [0.717, 1.165) is 17.5 Å². The molecule has 0 spiro atoms. The average molecular weight is 372 g/mol. The molecule has 0 radical (unpaired) electrons. The van der Waals surface area contributed by atoms with Gasteiger partial charge < -0.3 is 13.9 Å². The molecule has 136 valence electrons. The molecule has 1 aromatic carbocycles. The summed E-state index contributed by atoms with van der Waals surface area (Å²) in [7, 11) is 3.27. The minimum Gasteiger partial charge on any atom is -0.608 e. The van der Waals surface area contributed by atoms with Crippen LogP contribution in [-0.2, 0) is 11.2 Å². The molecular formula is C18H20N4O3S. The summed E-state index contributed by atoms with van der Waals surface area (Å²) in [6.45, 7) is 3.91. The monoisotopic (exact) mass is 372 g/mol. The van der Waals surface area contributed by atoms with Crippen LogP contribution in [0.2, 0.25) is 0 Å². The summed E-state index contributed by atoms with van der Waals surface area (Å²) < 4.78 is 17.8. The second kappa shape index (κ2) is 7.43. The summed E-state index contributed by atoms with van der Waals surface area (Å²) in [6, 6.07) is 7.65. The van der Waals surface area contributed by atoms with Crippen LogP contribution in [0.1, 0.15) is 29.4 Å². The number of amides is 1. The van der Waals surface area contributed by atoms with Crippen molar-refractivity contribution in [3.8, 4) is 11.4 Å². The molecule has 0 aliphatic carbocycles. The number of carbonyl (C=O) groups is 1. The first-order chi connectivity index (χ1) is 12.4. The lowest BCUT2D eigenvalue weighted by atomic mass is 10.1. The van der Waals surface area contributed by atoms with Crippen LogP contribution < -0.4 is 0 Å². The van der Waals surface area contributed by atoms with Crippen molar-refractivity contribution in [3.63, 3.8) is 0 Å². The summed E-state index contributed by atoms with van der Waals surface area (Å²) >= 11 is -1.37. The fourth-order valence-electron chi connectivity index (χ4n) is 2.37. The number of aromatic nitrogens is 3. The van der Waals surface area contributed by atoms with Gasteiger partial charge in [-0.1, -0.05) is 36.8 Å². The van der Waals surface area contributed by atoms with Crippen LogP contribution >= 0.6 is 0 Å². The van der Waals surface area contributed by atoms with E-state index in [-0.39, 0.29) is 28.1 Å². The molecule has 7 nitrogen and oxygen atoms in total. The van der Waals surface area contributed by atoms with Crippen LogP contribution in [0, 0.1) is 6.92 Å². The first kappa shape index (κ1) is 18.3. The van der Waals surface area contributed by atoms with Gasteiger partial charge in [-0.15, -0.1) is 0 Å². The quantitative estimate of drug-likeness (QED) is 0.639. The molecule has 0 saturated heterocycles. The summed E-state index contributed by atoms with van der Waals surface area (Å²) in [4.78, 5) is 27.1. The van der Waals surface area contributed by atoms with Gasteiger partial charge in [-0.2, -0.15) is 9.97 Å². The van der Waals surface area contributed by atoms with Crippen LogP contribution in [0.15, 0.2) is 33.9 Å². The first-order valence-corrected chi connectivity index (χ1v) is 9.58. The number of aryl methyl sites for hydroxylation is 1. The van der Waals surface area contributed by atoms with Crippen molar-refractivity contribution in [1.82, 2.24) is 19.9 Å². The molecule has 3 aromatic rings. The lowest BCUT2D eigenvalue weighted by Crippen LogP contribution is -2.23. The number of carbonyl (C=O) groups excluding carboxylic acids is 1. The minimum atomic E-state index is -1.37. The summed E-state index contributed by atoms with van der Waals surface area (Å²) in [6.07, 6.45) is 0.731. The maximum absolute atomic E-state index is 12.6. The van der Waals surface area contributed by atoms with Crippen LogP contribution in [0.4, 0.5) is 0 Å². The Labute approximate surface area is 154 Å². The average Bonchev–Trinajstić information content (AvgIpc) is 3.05. The zero-order chi connectivity index (χ0) is 18.8. The lowest BCUT2D eigenvalue weighted by Gasteiger charge is -2.10. The molecule has 2 aromatic heterocycles. The molecule has 0 N–H and O–H groups in total. The largest absolute Gasteiger partial charge is 0.608 e. The minimum absolute atomic E-state index is 0.0741. The number of fused-ring (bicyclic) bond motifs is 1. The Hall–Kier alpha value is -2.45. The van der Waals surface area contributed by atoms with Crippen molar-refractivity contribution >= 4 is 28.3 Å². The van der Waals surface area contributed by atoms with Gasteiger partial charge in [0, 0.05) is 30.8 Å². The predicted molar refractivity (Wildman–Crippen MR) is 99.4 cm³/mol. The van der Waals surface area contributed by atoms with Gasteiger partial charge in [-0.25, -0.2) is 4.98 Å². The highest BCUT2D eigenvalue weighted by Gasteiger charge is 2.26. The number of benzene rings is 1. The van der Waals surface area contributed by atoms with Gasteiger partial charge in [0.2, 0.25) is 0 Å². The summed E-state index contributed by atoms with van der Waals surface area (Å²) in [5.74, 6) is 0.487. The van der Waals surface area contributed by atoms with Crippen LogP contribution in [0.5, 0.6) is 0 Å². The Kier molecular flexibility index (Phi) is 5.24. The molecule has 0 aliphatic heterocycles. The van der Waals surface area contributed by atoms with E-state index in [0.29, 0.717) is 11.6 Å². The number of oxazole rings is 1. The molecular weight excluding hydrogens is 352 g/mol. The van der Waals surface area contributed by atoms with E-state index in [1.807, 2.05) is 38.1 Å². The third-order valence-corrected chi connectivity index (χ3v) is 5.09. The van der Waals surface area contributed by atoms with Crippen molar-refractivity contribution in [2.75, 3.05) is 19.8 Å². The van der Waals surface area contributed by atoms with Crippen molar-refractivity contribution in [3.05, 3.63) is 35.5 Å². The van der Waals surface area contributed by atoms with Gasteiger partial charge in [-0.3, -0.25) is 4.79 Å². The number of hydrogen-bond donors (Lipinski definition) is 0. The zero-order valence-corrected chi connectivity index (χ0v) is 16.0. The first-order valence-electron chi connectivity index (χ1n) is 8.26. The molecule has 0 aliphatic rings. The Morgan fingerprint density at radius 2 is 1.88 bits per heavy atom. The Bertz CT molecular complexity index is 938. The van der Waals surface area contributed by atoms with Crippen LogP contribution in [0.3, 0.4) is 0 Å². The zero-order valence-electron chi connectivity index (χ0n) is 15.1. The van der Waals surface area contributed by atoms with Crippen molar-refractivity contribution in [2.45, 2.75) is 25.5 Å². The van der Waals surface area contributed by atoms with E-state index in [2.05, 4.69) is 15.0 Å². The fraction of sp³-hybridized carbons (Fsp3) is 0.333. The number of rotatable bonds is 5. The van der Waals surface area contributed by atoms with Crippen molar-refractivity contribution in [2.24, 2.45) is 0 Å². The third kappa shape index (κ3) is 3.56. The van der Waals surface area contributed by atoms with Crippen molar-refractivity contribution in [1.29, 1.82) is 0 Å². The highest BCUT2D eigenvalue weighted by Crippen LogP contribution is 2.25. The number of nitrogens with zero attached hydrogens (tertiary/aromatic N) is 4. The summed E-state index contributed by atoms with van der Waals surface area (Å²) in [5, 5.41) is 0.0741. The van der Waals surface area contributed by atoms with E-state index in [4.69, 9.17) is 4.42 Å². The molecule has 0 fully saturated rings. The molecule has 26 heavy (non-hydrogen) atoms.